The standard InChI is InChI=1S/C19H20N6O2/c1-11-9-16(12(2)25(11)15-7-8-15)17(26)10-24-22-19(21-23-24)14-5-3-13(4-6-14)18(20)27/h3-6,9,15H,7-8,10H2,1-2H3,(H2,20,27). The normalized spacial score (nSPS) is 13.7. The van der Waals surface area contributed by atoms with Gasteiger partial charge in [-0.25, -0.2) is 0 Å². The van der Waals surface area contributed by atoms with Gasteiger partial charge in [-0.3, -0.25) is 9.59 Å². The van der Waals surface area contributed by atoms with Gasteiger partial charge in [0.25, 0.3) is 0 Å². The summed E-state index contributed by atoms with van der Waals surface area (Å²) in [5.74, 6) is -0.141. The first-order chi connectivity index (χ1) is 12.9. The summed E-state index contributed by atoms with van der Waals surface area (Å²) in [5, 5.41) is 12.3. The van der Waals surface area contributed by atoms with Gasteiger partial charge in [0.15, 0.2) is 5.78 Å². The Morgan fingerprint density at radius 2 is 1.89 bits per heavy atom. The van der Waals surface area contributed by atoms with Gasteiger partial charge in [-0.05, 0) is 50.1 Å². The van der Waals surface area contributed by atoms with Gasteiger partial charge in [0, 0.05) is 34.1 Å². The first kappa shape index (κ1) is 17.1. The Morgan fingerprint density at radius 3 is 2.52 bits per heavy atom. The Bertz CT molecular complexity index is 1030. The summed E-state index contributed by atoms with van der Waals surface area (Å²) in [6.07, 6.45) is 2.35. The van der Waals surface area contributed by atoms with E-state index in [1.54, 1.807) is 24.3 Å². The molecule has 0 unspecified atom stereocenters. The number of hydrogen-bond donors (Lipinski definition) is 1. The predicted octanol–water partition coefficient (Wildman–Crippen LogP) is 2.08. The van der Waals surface area contributed by atoms with E-state index in [2.05, 4.69) is 20.0 Å². The summed E-state index contributed by atoms with van der Waals surface area (Å²) in [6.45, 7) is 4.05. The van der Waals surface area contributed by atoms with Crippen LogP contribution in [0.15, 0.2) is 30.3 Å². The predicted molar refractivity (Wildman–Crippen MR) is 98.3 cm³/mol. The van der Waals surface area contributed by atoms with E-state index in [4.69, 9.17) is 5.73 Å². The first-order valence-electron chi connectivity index (χ1n) is 8.83. The Hall–Kier alpha value is -3.29. The molecule has 0 aliphatic heterocycles. The maximum Gasteiger partial charge on any atom is 0.248 e. The number of aryl methyl sites for hydroxylation is 1. The number of carbonyl (C=O) groups is 2. The number of ketones is 1. The second-order valence-corrected chi connectivity index (χ2v) is 6.89. The van der Waals surface area contributed by atoms with Crippen LogP contribution in [0.4, 0.5) is 0 Å². The van der Waals surface area contributed by atoms with Crippen LogP contribution in [0.1, 0.15) is 51.0 Å². The Morgan fingerprint density at radius 1 is 1.19 bits per heavy atom. The van der Waals surface area contributed by atoms with E-state index in [-0.39, 0.29) is 12.3 Å². The van der Waals surface area contributed by atoms with E-state index >= 15 is 0 Å². The molecule has 1 saturated carbocycles. The molecule has 3 aromatic rings. The minimum atomic E-state index is -0.493. The van der Waals surface area contributed by atoms with Gasteiger partial charge >= 0.3 is 0 Å². The van der Waals surface area contributed by atoms with Crippen molar-refractivity contribution in [2.75, 3.05) is 0 Å². The minimum Gasteiger partial charge on any atom is -0.366 e. The Balaban J connectivity index is 1.51. The molecule has 8 nitrogen and oxygen atoms in total. The molecule has 4 rings (SSSR count). The van der Waals surface area contributed by atoms with E-state index < -0.39 is 5.91 Å². The number of rotatable bonds is 6. The third-order valence-electron chi connectivity index (χ3n) is 4.86. The van der Waals surface area contributed by atoms with Crippen LogP contribution in [0, 0.1) is 13.8 Å². The molecule has 8 heteroatoms. The molecule has 0 atom stereocenters. The molecular weight excluding hydrogens is 344 g/mol. The summed E-state index contributed by atoms with van der Waals surface area (Å²) >= 11 is 0. The zero-order valence-corrected chi connectivity index (χ0v) is 15.2. The molecule has 0 spiro atoms. The molecule has 27 heavy (non-hydrogen) atoms. The van der Waals surface area contributed by atoms with Gasteiger partial charge < -0.3 is 10.3 Å². The number of carbonyl (C=O) groups excluding carboxylic acids is 2. The molecule has 1 aromatic carbocycles. The Labute approximate surface area is 156 Å². The van der Waals surface area contributed by atoms with Crippen molar-refractivity contribution in [3.63, 3.8) is 0 Å². The van der Waals surface area contributed by atoms with Crippen LogP contribution in [0.2, 0.25) is 0 Å². The van der Waals surface area contributed by atoms with Crippen LogP contribution >= 0.6 is 0 Å². The molecule has 1 amide bonds. The lowest BCUT2D eigenvalue weighted by Crippen LogP contribution is -2.14. The highest BCUT2D eigenvalue weighted by atomic mass is 16.1. The number of benzene rings is 1. The van der Waals surface area contributed by atoms with Crippen molar-refractivity contribution in [1.82, 2.24) is 24.8 Å². The Kier molecular flexibility index (Phi) is 4.10. The summed E-state index contributed by atoms with van der Waals surface area (Å²) in [4.78, 5) is 25.2. The van der Waals surface area contributed by atoms with E-state index in [0.717, 1.165) is 11.4 Å². The zero-order chi connectivity index (χ0) is 19.1. The number of tetrazole rings is 1. The molecular formula is C19H20N6O2. The van der Waals surface area contributed by atoms with E-state index in [0.29, 0.717) is 28.6 Å². The van der Waals surface area contributed by atoms with Crippen molar-refractivity contribution in [2.45, 2.75) is 39.3 Å². The summed E-state index contributed by atoms with van der Waals surface area (Å²) in [6, 6.07) is 9.09. The van der Waals surface area contributed by atoms with Gasteiger partial charge in [0.05, 0.1) is 0 Å². The van der Waals surface area contributed by atoms with Crippen molar-refractivity contribution < 1.29 is 9.59 Å². The average molecular weight is 364 g/mol. The third-order valence-corrected chi connectivity index (χ3v) is 4.86. The fourth-order valence-corrected chi connectivity index (χ4v) is 3.38. The third kappa shape index (κ3) is 3.25. The van der Waals surface area contributed by atoms with Crippen LogP contribution in [-0.2, 0) is 6.54 Å². The lowest BCUT2D eigenvalue weighted by atomic mass is 10.1. The van der Waals surface area contributed by atoms with Crippen LogP contribution in [0.3, 0.4) is 0 Å². The number of nitrogens with two attached hydrogens (primary N) is 1. The molecule has 138 valence electrons. The molecule has 1 aliphatic carbocycles. The maximum atomic E-state index is 12.7. The molecule has 2 aromatic heterocycles. The number of aromatic nitrogens is 5. The van der Waals surface area contributed by atoms with E-state index in [1.807, 2.05) is 19.9 Å². The fraction of sp³-hybridized carbons (Fsp3) is 0.316. The maximum absolute atomic E-state index is 12.7. The molecule has 1 aliphatic rings. The first-order valence-corrected chi connectivity index (χ1v) is 8.83. The minimum absolute atomic E-state index is 0.0291. The number of amides is 1. The van der Waals surface area contributed by atoms with Crippen molar-refractivity contribution in [2.24, 2.45) is 5.73 Å². The largest absolute Gasteiger partial charge is 0.366 e. The van der Waals surface area contributed by atoms with Crippen LogP contribution in [0.25, 0.3) is 11.4 Å². The molecule has 0 bridgehead atoms. The molecule has 0 saturated heterocycles. The van der Waals surface area contributed by atoms with Gasteiger partial charge in [-0.1, -0.05) is 12.1 Å². The van der Waals surface area contributed by atoms with Crippen LogP contribution in [-0.4, -0.2) is 36.5 Å². The monoisotopic (exact) mass is 364 g/mol. The zero-order valence-electron chi connectivity index (χ0n) is 15.2. The number of Topliss-reactive ketones (excluding diaryl/α,β-unsaturated/α-hetero) is 1. The number of nitrogens with zero attached hydrogens (tertiary/aromatic N) is 5. The lowest BCUT2D eigenvalue weighted by molar-refractivity contribution is 0.0959. The van der Waals surface area contributed by atoms with Gasteiger partial charge in [-0.2, -0.15) is 4.80 Å². The van der Waals surface area contributed by atoms with Crippen molar-refractivity contribution in [3.8, 4) is 11.4 Å². The van der Waals surface area contributed by atoms with Crippen molar-refractivity contribution in [1.29, 1.82) is 0 Å². The highest BCUT2D eigenvalue weighted by Crippen LogP contribution is 2.38. The van der Waals surface area contributed by atoms with Crippen molar-refractivity contribution in [3.05, 3.63) is 52.8 Å². The van der Waals surface area contributed by atoms with Gasteiger partial charge in [-0.15, -0.1) is 10.2 Å². The second kappa shape index (κ2) is 6.46. The molecule has 2 N–H and O–H groups in total. The van der Waals surface area contributed by atoms with Gasteiger partial charge in [0.1, 0.15) is 6.54 Å². The second-order valence-electron chi connectivity index (χ2n) is 6.89. The summed E-state index contributed by atoms with van der Waals surface area (Å²) in [7, 11) is 0. The topological polar surface area (TPSA) is 109 Å². The van der Waals surface area contributed by atoms with E-state index in [9.17, 15) is 9.59 Å². The van der Waals surface area contributed by atoms with Crippen LogP contribution < -0.4 is 5.73 Å². The molecule has 0 radical (unpaired) electrons. The number of primary amides is 1. The smallest absolute Gasteiger partial charge is 0.248 e. The fourth-order valence-electron chi connectivity index (χ4n) is 3.38. The SMILES string of the molecule is Cc1cc(C(=O)Cn2nnc(-c3ccc(C(N)=O)cc3)n2)c(C)n1C1CC1. The van der Waals surface area contributed by atoms with E-state index in [1.165, 1.54) is 17.6 Å². The van der Waals surface area contributed by atoms with Gasteiger partial charge in [0.2, 0.25) is 11.7 Å². The van der Waals surface area contributed by atoms with Crippen molar-refractivity contribution >= 4 is 11.7 Å². The highest BCUT2D eigenvalue weighted by molar-refractivity contribution is 5.97. The molecule has 2 heterocycles. The highest BCUT2D eigenvalue weighted by Gasteiger charge is 2.28. The summed E-state index contributed by atoms with van der Waals surface area (Å²) in [5.41, 5.74) is 9.17. The quantitative estimate of drug-likeness (QED) is 0.674. The number of hydrogen-bond acceptors (Lipinski definition) is 5. The summed E-state index contributed by atoms with van der Waals surface area (Å²) < 4.78 is 2.24. The average Bonchev–Trinajstić information content (AvgIpc) is 3.28. The lowest BCUT2D eigenvalue weighted by Gasteiger charge is -2.07. The molecule has 1 fully saturated rings. The van der Waals surface area contributed by atoms with Crippen LogP contribution in [0.5, 0.6) is 0 Å².